The van der Waals surface area contributed by atoms with Crippen LogP contribution >= 0.6 is 0 Å². The second kappa shape index (κ2) is 8.33. The van der Waals surface area contributed by atoms with Gasteiger partial charge in [0.1, 0.15) is 0 Å². The summed E-state index contributed by atoms with van der Waals surface area (Å²) in [6.45, 7) is 12.1. The van der Waals surface area contributed by atoms with Gasteiger partial charge in [-0.15, -0.1) is 0 Å². The summed E-state index contributed by atoms with van der Waals surface area (Å²) in [5, 5.41) is 3.41. The molecule has 2 aliphatic heterocycles. The number of nitrogens with one attached hydrogen (secondary N) is 1. The van der Waals surface area contributed by atoms with Crippen molar-refractivity contribution in [1.29, 1.82) is 0 Å². The van der Waals surface area contributed by atoms with Gasteiger partial charge in [0.15, 0.2) is 0 Å². The highest BCUT2D eigenvalue weighted by Gasteiger charge is 2.33. The largest absolute Gasteiger partial charge is 0.314 e. The van der Waals surface area contributed by atoms with Crippen molar-refractivity contribution in [3.8, 4) is 0 Å². The summed E-state index contributed by atoms with van der Waals surface area (Å²) in [6, 6.07) is 7.04. The van der Waals surface area contributed by atoms with Crippen LogP contribution in [0.4, 0.5) is 5.69 Å². The van der Waals surface area contributed by atoms with Gasteiger partial charge in [-0.05, 0) is 49.8 Å². The average Bonchev–Trinajstić information content (AvgIpc) is 2.96. The second-order valence-corrected chi connectivity index (χ2v) is 7.58. The molecule has 0 radical (unpaired) electrons. The zero-order valence-electron chi connectivity index (χ0n) is 16.1. The highest BCUT2D eigenvalue weighted by Crippen LogP contribution is 2.35. The Hall–Kier alpha value is -1.39. The molecule has 25 heavy (non-hydrogen) atoms. The van der Waals surface area contributed by atoms with Gasteiger partial charge in [0.25, 0.3) is 0 Å². The van der Waals surface area contributed by atoms with E-state index in [9.17, 15) is 4.79 Å². The fourth-order valence-electron chi connectivity index (χ4n) is 4.23. The molecule has 4 heteroatoms. The fourth-order valence-corrected chi connectivity index (χ4v) is 4.23. The van der Waals surface area contributed by atoms with Crippen molar-refractivity contribution >= 4 is 11.6 Å². The summed E-state index contributed by atoms with van der Waals surface area (Å²) >= 11 is 0. The SMILES string of the molecule is CCC(CC)C(=O)N1c2ccc(CCN3CCNCC3)cc2CC1C. The quantitative estimate of drug-likeness (QED) is 0.863. The number of hydrogen-bond acceptors (Lipinski definition) is 3. The Morgan fingerprint density at radius 1 is 1.24 bits per heavy atom. The number of benzene rings is 1. The van der Waals surface area contributed by atoms with Crippen molar-refractivity contribution in [2.75, 3.05) is 37.6 Å². The topological polar surface area (TPSA) is 35.6 Å². The number of carbonyl (C=O) groups is 1. The number of rotatable bonds is 6. The first kappa shape index (κ1) is 18.4. The van der Waals surface area contributed by atoms with Gasteiger partial charge in [-0.2, -0.15) is 0 Å². The van der Waals surface area contributed by atoms with Gasteiger partial charge < -0.3 is 15.1 Å². The van der Waals surface area contributed by atoms with Crippen LogP contribution in [-0.4, -0.2) is 49.6 Å². The predicted octanol–water partition coefficient (Wildman–Crippen LogP) is 2.85. The lowest BCUT2D eigenvalue weighted by molar-refractivity contribution is -0.122. The number of carbonyl (C=O) groups excluding carboxylic acids is 1. The molecule has 1 atom stereocenters. The summed E-state index contributed by atoms with van der Waals surface area (Å²) in [7, 11) is 0. The van der Waals surface area contributed by atoms with Gasteiger partial charge in [-0.1, -0.05) is 26.0 Å². The van der Waals surface area contributed by atoms with E-state index in [1.165, 1.54) is 11.1 Å². The first-order valence-corrected chi connectivity index (χ1v) is 10.0. The molecular formula is C21H33N3O. The van der Waals surface area contributed by atoms with Gasteiger partial charge in [-0.3, -0.25) is 4.79 Å². The lowest BCUT2D eigenvalue weighted by Crippen LogP contribution is -2.44. The Morgan fingerprint density at radius 2 is 1.96 bits per heavy atom. The van der Waals surface area contributed by atoms with Gasteiger partial charge in [0, 0.05) is 50.4 Å². The minimum atomic E-state index is 0.154. The highest BCUT2D eigenvalue weighted by molar-refractivity contribution is 5.97. The van der Waals surface area contributed by atoms with Crippen LogP contribution in [0.3, 0.4) is 0 Å². The van der Waals surface area contributed by atoms with Gasteiger partial charge in [0.2, 0.25) is 5.91 Å². The number of nitrogens with zero attached hydrogens (tertiary/aromatic N) is 2. The normalized spacial score (nSPS) is 21.0. The average molecular weight is 344 g/mol. The van der Waals surface area contributed by atoms with Crippen LogP contribution in [0.1, 0.15) is 44.7 Å². The van der Waals surface area contributed by atoms with E-state index in [4.69, 9.17) is 0 Å². The molecule has 1 unspecified atom stereocenters. The number of hydrogen-bond donors (Lipinski definition) is 1. The van der Waals surface area contributed by atoms with Crippen LogP contribution in [0.15, 0.2) is 18.2 Å². The van der Waals surface area contributed by atoms with Crippen LogP contribution in [0.2, 0.25) is 0 Å². The molecule has 3 rings (SSSR count). The van der Waals surface area contributed by atoms with Gasteiger partial charge in [-0.25, -0.2) is 0 Å². The van der Waals surface area contributed by atoms with Crippen molar-refractivity contribution in [1.82, 2.24) is 10.2 Å². The minimum absolute atomic E-state index is 0.154. The Bertz CT molecular complexity index is 591. The molecule has 4 nitrogen and oxygen atoms in total. The highest BCUT2D eigenvalue weighted by atomic mass is 16.2. The summed E-state index contributed by atoms with van der Waals surface area (Å²) in [5.41, 5.74) is 3.90. The molecule has 1 aromatic carbocycles. The van der Waals surface area contributed by atoms with Crippen LogP contribution in [0.25, 0.3) is 0 Å². The van der Waals surface area contributed by atoms with E-state index in [1.807, 2.05) is 0 Å². The van der Waals surface area contributed by atoms with Crippen molar-refractivity contribution in [3.05, 3.63) is 29.3 Å². The molecule has 0 bridgehead atoms. The van der Waals surface area contributed by atoms with Gasteiger partial charge >= 0.3 is 0 Å². The Kier molecular flexibility index (Phi) is 6.13. The molecule has 2 heterocycles. The van der Waals surface area contributed by atoms with E-state index in [0.717, 1.165) is 64.1 Å². The molecular weight excluding hydrogens is 310 g/mol. The standard InChI is InChI=1S/C21H33N3O/c1-4-18(5-2)21(25)24-16(3)14-19-15-17(6-7-20(19)24)8-11-23-12-9-22-10-13-23/h6-7,15-16,18,22H,4-5,8-14H2,1-3H3. The van der Waals surface area contributed by atoms with E-state index in [0.29, 0.717) is 5.91 Å². The van der Waals surface area contributed by atoms with E-state index >= 15 is 0 Å². The Labute approximate surface area is 152 Å². The summed E-state index contributed by atoms with van der Waals surface area (Å²) < 4.78 is 0. The molecule has 0 saturated carbocycles. The monoisotopic (exact) mass is 343 g/mol. The van der Waals surface area contributed by atoms with Gasteiger partial charge in [0.05, 0.1) is 0 Å². The molecule has 2 aliphatic rings. The van der Waals surface area contributed by atoms with E-state index in [-0.39, 0.29) is 12.0 Å². The third-order valence-corrected chi connectivity index (χ3v) is 5.86. The van der Waals surface area contributed by atoms with Crippen molar-refractivity contribution < 1.29 is 4.79 Å². The summed E-state index contributed by atoms with van der Waals surface area (Å²) in [4.78, 5) is 17.5. The summed E-state index contributed by atoms with van der Waals surface area (Å²) in [6.07, 6.45) is 3.94. The van der Waals surface area contributed by atoms with Crippen LogP contribution in [0.5, 0.6) is 0 Å². The lowest BCUT2D eigenvalue weighted by Gasteiger charge is -2.27. The zero-order chi connectivity index (χ0) is 17.8. The van der Waals surface area contributed by atoms with E-state index < -0.39 is 0 Å². The molecule has 1 saturated heterocycles. The van der Waals surface area contributed by atoms with E-state index in [2.05, 4.69) is 54.1 Å². The second-order valence-electron chi connectivity index (χ2n) is 7.58. The summed E-state index contributed by atoms with van der Waals surface area (Å²) in [5.74, 6) is 0.464. The van der Waals surface area contributed by atoms with Crippen LogP contribution < -0.4 is 10.2 Å². The maximum absolute atomic E-state index is 12.9. The number of anilines is 1. The van der Waals surface area contributed by atoms with E-state index in [1.54, 1.807) is 0 Å². The van der Waals surface area contributed by atoms with Crippen LogP contribution in [0, 0.1) is 5.92 Å². The number of fused-ring (bicyclic) bond motifs is 1. The fraction of sp³-hybridized carbons (Fsp3) is 0.667. The molecule has 0 aliphatic carbocycles. The molecule has 0 spiro atoms. The third-order valence-electron chi connectivity index (χ3n) is 5.86. The Morgan fingerprint density at radius 3 is 2.64 bits per heavy atom. The first-order valence-electron chi connectivity index (χ1n) is 10.0. The molecule has 1 amide bonds. The Balaban J connectivity index is 1.68. The maximum Gasteiger partial charge on any atom is 0.230 e. The van der Waals surface area contributed by atoms with Crippen LogP contribution in [-0.2, 0) is 17.6 Å². The smallest absolute Gasteiger partial charge is 0.230 e. The third kappa shape index (κ3) is 4.06. The molecule has 1 aromatic rings. The maximum atomic E-state index is 12.9. The molecule has 138 valence electrons. The van der Waals surface area contributed by atoms with Crippen molar-refractivity contribution in [2.45, 2.75) is 52.5 Å². The molecule has 1 N–H and O–H groups in total. The van der Waals surface area contributed by atoms with Crippen molar-refractivity contribution in [3.63, 3.8) is 0 Å². The minimum Gasteiger partial charge on any atom is -0.314 e. The number of piperazine rings is 1. The lowest BCUT2D eigenvalue weighted by atomic mass is 10.0. The predicted molar refractivity (Wildman–Crippen MR) is 104 cm³/mol. The zero-order valence-corrected chi connectivity index (χ0v) is 16.1. The first-order chi connectivity index (χ1) is 12.1. The molecule has 1 fully saturated rings. The van der Waals surface area contributed by atoms with Crippen molar-refractivity contribution in [2.24, 2.45) is 5.92 Å². The molecule has 0 aromatic heterocycles. The number of amides is 1.